The van der Waals surface area contributed by atoms with E-state index in [0.29, 0.717) is 10.6 Å². The minimum Gasteiger partial charge on any atom is -0.322 e. The van der Waals surface area contributed by atoms with Gasteiger partial charge in [-0.25, -0.2) is 4.98 Å². The number of rotatable bonds is 4. The van der Waals surface area contributed by atoms with Crippen molar-refractivity contribution in [2.45, 2.75) is 19.8 Å². The van der Waals surface area contributed by atoms with Crippen molar-refractivity contribution in [1.29, 1.82) is 0 Å². The molecule has 0 spiro atoms. The number of aromatic nitrogens is 1. The van der Waals surface area contributed by atoms with Crippen LogP contribution in [0.25, 0.3) is 10.2 Å². The Hall–Kier alpha value is -1.91. The zero-order valence-corrected chi connectivity index (χ0v) is 13.7. The van der Waals surface area contributed by atoms with Gasteiger partial charge in [0, 0.05) is 16.3 Å². The Morgan fingerprint density at radius 3 is 2.73 bits per heavy atom. The first-order valence-corrected chi connectivity index (χ1v) is 8.31. The van der Waals surface area contributed by atoms with Crippen LogP contribution in [0, 0.1) is 0 Å². The van der Waals surface area contributed by atoms with E-state index in [-0.39, 0.29) is 5.91 Å². The van der Waals surface area contributed by atoms with E-state index in [1.165, 1.54) is 0 Å². The van der Waals surface area contributed by atoms with E-state index in [1.807, 2.05) is 18.2 Å². The van der Waals surface area contributed by atoms with Crippen molar-refractivity contribution in [1.82, 2.24) is 4.98 Å². The largest absolute Gasteiger partial charge is 0.322 e. The monoisotopic (exact) mass is 330 g/mol. The number of nitrogens with one attached hydrogen (secondary N) is 1. The van der Waals surface area contributed by atoms with E-state index >= 15 is 0 Å². The maximum Gasteiger partial charge on any atom is 0.255 e. The summed E-state index contributed by atoms with van der Waals surface area (Å²) >= 11 is 7.51. The fraction of sp³-hybridized carbons (Fsp3) is 0.176. The molecule has 0 saturated heterocycles. The molecular formula is C17H15ClN2OS. The van der Waals surface area contributed by atoms with Gasteiger partial charge in [-0.3, -0.25) is 4.79 Å². The van der Waals surface area contributed by atoms with Crippen molar-refractivity contribution in [2.24, 2.45) is 0 Å². The molecule has 1 N–H and O–H groups in total. The van der Waals surface area contributed by atoms with Crippen LogP contribution in [0.3, 0.4) is 0 Å². The molecule has 0 atom stereocenters. The van der Waals surface area contributed by atoms with Crippen LogP contribution < -0.4 is 5.32 Å². The summed E-state index contributed by atoms with van der Waals surface area (Å²) < 4.78 is 1.09. The molecule has 0 radical (unpaired) electrons. The molecular weight excluding hydrogens is 316 g/mol. The highest BCUT2D eigenvalue weighted by molar-refractivity contribution is 7.18. The Morgan fingerprint density at radius 2 is 2.00 bits per heavy atom. The Kier molecular flexibility index (Phi) is 4.41. The van der Waals surface area contributed by atoms with Crippen LogP contribution in [0.5, 0.6) is 0 Å². The molecule has 3 nitrogen and oxygen atoms in total. The third-order valence-electron chi connectivity index (χ3n) is 3.26. The van der Waals surface area contributed by atoms with Gasteiger partial charge in [-0.1, -0.05) is 18.5 Å². The number of anilines is 1. The Balaban J connectivity index is 1.81. The van der Waals surface area contributed by atoms with Crippen molar-refractivity contribution in [3.8, 4) is 0 Å². The van der Waals surface area contributed by atoms with Crippen molar-refractivity contribution < 1.29 is 4.79 Å². The molecule has 0 aliphatic carbocycles. The molecule has 22 heavy (non-hydrogen) atoms. The molecule has 0 bridgehead atoms. The van der Waals surface area contributed by atoms with Crippen molar-refractivity contribution in [3.63, 3.8) is 0 Å². The van der Waals surface area contributed by atoms with Crippen LogP contribution in [-0.2, 0) is 6.42 Å². The molecule has 1 aromatic heterocycles. The Morgan fingerprint density at radius 1 is 1.23 bits per heavy atom. The van der Waals surface area contributed by atoms with Crippen molar-refractivity contribution in [2.75, 3.05) is 5.32 Å². The van der Waals surface area contributed by atoms with Crippen LogP contribution in [0.1, 0.15) is 28.7 Å². The Bertz CT molecular complexity index is 811. The SMILES string of the molecule is CCCc1nc2ccc(NC(=O)c3ccc(Cl)cc3)cc2s1. The lowest BCUT2D eigenvalue weighted by Crippen LogP contribution is -2.11. The van der Waals surface area contributed by atoms with Crippen LogP contribution in [0.15, 0.2) is 42.5 Å². The van der Waals surface area contributed by atoms with Crippen molar-refractivity contribution >= 4 is 44.7 Å². The van der Waals surface area contributed by atoms with Crippen molar-refractivity contribution in [3.05, 3.63) is 58.1 Å². The number of amides is 1. The predicted octanol–water partition coefficient (Wildman–Crippen LogP) is 5.15. The minimum atomic E-state index is -0.144. The molecule has 0 saturated carbocycles. The second-order valence-corrected chi connectivity index (χ2v) is 6.55. The van der Waals surface area contributed by atoms with Gasteiger partial charge in [0.25, 0.3) is 5.91 Å². The van der Waals surface area contributed by atoms with Crippen LogP contribution >= 0.6 is 22.9 Å². The summed E-state index contributed by atoms with van der Waals surface area (Å²) in [5.41, 5.74) is 2.34. The third kappa shape index (κ3) is 3.29. The maximum atomic E-state index is 12.2. The standard InChI is InChI=1S/C17H15ClN2OS/c1-2-3-16-20-14-9-8-13(10-15(14)22-16)19-17(21)11-4-6-12(18)7-5-11/h4-10H,2-3H2,1H3,(H,19,21). The van der Waals surface area contributed by atoms with Crippen LogP contribution in [0.4, 0.5) is 5.69 Å². The van der Waals surface area contributed by atoms with Gasteiger partial charge in [0.05, 0.1) is 15.2 Å². The summed E-state index contributed by atoms with van der Waals surface area (Å²) in [6.45, 7) is 2.14. The van der Waals surface area contributed by atoms with Gasteiger partial charge in [0.1, 0.15) is 0 Å². The number of hydrogen-bond donors (Lipinski definition) is 1. The van der Waals surface area contributed by atoms with Gasteiger partial charge < -0.3 is 5.32 Å². The topological polar surface area (TPSA) is 42.0 Å². The van der Waals surface area contributed by atoms with Gasteiger partial charge in [0.15, 0.2) is 0 Å². The number of thiazole rings is 1. The van der Waals surface area contributed by atoms with E-state index in [9.17, 15) is 4.79 Å². The lowest BCUT2D eigenvalue weighted by atomic mass is 10.2. The normalized spacial score (nSPS) is 10.8. The quantitative estimate of drug-likeness (QED) is 0.718. The number of carbonyl (C=O) groups is 1. The number of nitrogens with zero attached hydrogens (tertiary/aromatic N) is 1. The smallest absolute Gasteiger partial charge is 0.255 e. The summed E-state index contributed by atoms with van der Waals surface area (Å²) in [4.78, 5) is 16.8. The van der Waals surface area contributed by atoms with E-state index in [1.54, 1.807) is 35.6 Å². The fourth-order valence-corrected chi connectivity index (χ4v) is 3.41. The van der Waals surface area contributed by atoms with Gasteiger partial charge in [-0.05, 0) is 55.3 Å². The molecule has 5 heteroatoms. The second kappa shape index (κ2) is 6.46. The highest BCUT2D eigenvalue weighted by Crippen LogP contribution is 2.26. The molecule has 0 aliphatic rings. The number of hydrogen-bond acceptors (Lipinski definition) is 3. The Labute approximate surface area is 138 Å². The van der Waals surface area contributed by atoms with Gasteiger partial charge in [-0.2, -0.15) is 0 Å². The van der Waals surface area contributed by atoms with Gasteiger partial charge >= 0.3 is 0 Å². The molecule has 3 rings (SSSR count). The summed E-state index contributed by atoms with van der Waals surface area (Å²) in [6, 6.07) is 12.6. The number of benzene rings is 2. The summed E-state index contributed by atoms with van der Waals surface area (Å²) in [5.74, 6) is -0.144. The average molecular weight is 331 g/mol. The highest BCUT2D eigenvalue weighted by atomic mass is 35.5. The number of aryl methyl sites for hydroxylation is 1. The zero-order valence-electron chi connectivity index (χ0n) is 12.1. The number of halogens is 1. The molecule has 2 aromatic carbocycles. The third-order valence-corrected chi connectivity index (χ3v) is 4.59. The number of carbonyl (C=O) groups excluding carboxylic acids is 1. The molecule has 0 unspecified atom stereocenters. The molecule has 1 heterocycles. The highest BCUT2D eigenvalue weighted by Gasteiger charge is 2.08. The molecule has 0 aliphatic heterocycles. The summed E-state index contributed by atoms with van der Waals surface area (Å²) in [5, 5.41) is 4.66. The molecule has 1 amide bonds. The van der Waals surface area contributed by atoms with Crippen LogP contribution in [-0.4, -0.2) is 10.9 Å². The van der Waals surface area contributed by atoms with Crippen LogP contribution in [0.2, 0.25) is 5.02 Å². The first-order valence-electron chi connectivity index (χ1n) is 7.12. The van der Waals surface area contributed by atoms with Gasteiger partial charge in [0.2, 0.25) is 0 Å². The van der Waals surface area contributed by atoms with E-state index in [2.05, 4.69) is 17.2 Å². The fourth-order valence-electron chi connectivity index (χ4n) is 2.18. The zero-order chi connectivity index (χ0) is 15.5. The molecule has 0 fully saturated rings. The van der Waals surface area contributed by atoms with E-state index < -0.39 is 0 Å². The second-order valence-electron chi connectivity index (χ2n) is 5.00. The minimum absolute atomic E-state index is 0.144. The first-order chi connectivity index (χ1) is 10.7. The molecule has 3 aromatic rings. The predicted molar refractivity (Wildman–Crippen MR) is 93.0 cm³/mol. The summed E-state index contributed by atoms with van der Waals surface area (Å²) in [7, 11) is 0. The lowest BCUT2D eigenvalue weighted by Gasteiger charge is -2.05. The average Bonchev–Trinajstić information content (AvgIpc) is 2.90. The van der Waals surface area contributed by atoms with E-state index in [4.69, 9.17) is 11.6 Å². The number of fused-ring (bicyclic) bond motifs is 1. The first kappa shape index (κ1) is 15.0. The lowest BCUT2D eigenvalue weighted by molar-refractivity contribution is 0.102. The van der Waals surface area contributed by atoms with Gasteiger partial charge in [-0.15, -0.1) is 11.3 Å². The summed E-state index contributed by atoms with van der Waals surface area (Å²) in [6.07, 6.45) is 2.08. The maximum absolute atomic E-state index is 12.2. The molecule has 112 valence electrons. The van der Waals surface area contributed by atoms with E-state index in [0.717, 1.165) is 33.8 Å².